The van der Waals surface area contributed by atoms with Crippen molar-refractivity contribution >= 4 is 28.4 Å². The minimum Gasteiger partial charge on any atom is -0.494 e. The molecule has 1 aromatic heterocycles. The normalized spacial score (nSPS) is 14.6. The highest BCUT2D eigenvalue weighted by Gasteiger charge is 2.18. The Morgan fingerprint density at radius 3 is 2.65 bits per heavy atom. The van der Waals surface area contributed by atoms with Gasteiger partial charge in [0.2, 0.25) is 5.91 Å². The molecule has 0 saturated carbocycles. The molecule has 3 aromatic rings. The fourth-order valence-corrected chi connectivity index (χ4v) is 4.70. The standard InChI is InChI=1S/C26H33ClN4O3/c1-19(2)28-25(32)18-30-26(33)23-17-22(34-15-7-14-29-12-4-3-5-13-29)10-11-24(23)31(30)21-9-6-8-20(27)16-21/h6,8-11,16-17,19H,3-5,7,12-15,18H2,1-2H3,(H,28,32). The number of fused-ring (bicyclic) bond motifs is 1. The van der Waals surface area contributed by atoms with Crippen LogP contribution in [0.2, 0.25) is 5.02 Å². The monoisotopic (exact) mass is 484 g/mol. The van der Waals surface area contributed by atoms with Crippen LogP contribution < -0.4 is 15.6 Å². The van der Waals surface area contributed by atoms with E-state index in [0.717, 1.165) is 13.0 Å². The zero-order valence-corrected chi connectivity index (χ0v) is 20.7. The Morgan fingerprint density at radius 2 is 1.91 bits per heavy atom. The van der Waals surface area contributed by atoms with Crippen LogP contribution in [0.5, 0.6) is 5.75 Å². The third-order valence-electron chi connectivity index (χ3n) is 6.03. The van der Waals surface area contributed by atoms with E-state index in [1.54, 1.807) is 22.9 Å². The van der Waals surface area contributed by atoms with Crippen LogP contribution in [-0.2, 0) is 11.3 Å². The molecule has 8 heteroatoms. The van der Waals surface area contributed by atoms with E-state index in [9.17, 15) is 9.59 Å². The summed E-state index contributed by atoms with van der Waals surface area (Å²) in [5.41, 5.74) is 1.17. The number of aromatic nitrogens is 2. The molecule has 1 amide bonds. The lowest BCUT2D eigenvalue weighted by atomic mass is 10.1. The molecule has 1 saturated heterocycles. The molecule has 7 nitrogen and oxygen atoms in total. The highest BCUT2D eigenvalue weighted by atomic mass is 35.5. The summed E-state index contributed by atoms with van der Waals surface area (Å²) in [6.45, 7) is 7.67. The number of ether oxygens (including phenoxy) is 1. The highest BCUT2D eigenvalue weighted by Crippen LogP contribution is 2.24. The Labute approximate surface area is 205 Å². The Kier molecular flexibility index (Phi) is 7.95. The summed E-state index contributed by atoms with van der Waals surface area (Å²) in [6.07, 6.45) is 4.84. The van der Waals surface area contributed by atoms with Gasteiger partial charge in [0.15, 0.2) is 0 Å². The van der Waals surface area contributed by atoms with Gasteiger partial charge < -0.3 is 15.0 Å². The number of carbonyl (C=O) groups excluding carboxylic acids is 1. The average molecular weight is 485 g/mol. The molecule has 0 atom stereocenters. The summed E-state index contributed by atoms with van der Waals surface area (Å²) in [6, 6.07) is 12.8. The van der Waals surface area contributed by atoms with Gasteiger partial charge in [-0.25, -0.2) is 9.36 Å². The lowest BCUT2D eigenvalue weighted by Crippen LogP contribution is -2.37. The molecule has 182 valence electrons. The van der Waals surface area contributed by atoms with Crippen LogP contribution in [-0.4, -0.2) is 52.5 Å². The molecule has 2 aromatic carbocycles. The Hall–Kier alpha value is -2.77. The summed E-state index contributed by atoms with van der Waals surface area (Å²) in [7, 11) is 0. The number of amides is 1. The number of halogens is 1. The minimum atomic E-state index is -0.243. The van der Waals surface area contributed by atoms with Crippen molar-refractivity contribution in [1.29, 1.82) is 0 Å². The summed E-state index contributed by atoms with van der Waals surface area (Å²) in [5, 5.41) is 3.92. The second kappa shape index (κ2) is 11.1. The molecule has 2 heterocycles. The number of piperidine rings is 1. The van der Waals surface area contributed by atoms with E-state index in [4.69, 9.17) is 16.3 Å². The molecule has 1 N–H and O–H groups in total. The number of hydrogen-bond donors (Lipinski definition) is 1. The summed E-state index contributed by atoms with van der Waals surface area (Å²) >= 11 is 6.23. The summed E-state index contributed by atoms with van der Waals surface area (Å²) in [4.78, 5) is 28.4. The van der Waals surface area contributed by atoms with E-state index in [0.29, 0.717) is 34.0 Å². The van der Waals surface area contributed by atoms with Crippen molar-refractivity contribution in [1.82, 2.24) is 19.6 Å². The SMILES string of the molecule is CC(C)NC(=O)Cn1c(=O)c2cc(OCCCN3CCCCC3)ccc2n1-c1cccc(Cl)c1. The average Bonchev–Trinajstić information content (AvgIpc) is 3.08. The second-order valence-electron chi connectivity index (χ2n) is 9.16. The molecular formula is C26H33ClN4O3. The van der Waals surface area contributed by atoms with Crippen molar-refractivity contribution in [3.63, 3.8) is 0 Å². The predicted molar refractivity (Wildman–Crippen MR) is 136 cm³/mol. The van der Waals surface area contributed by atoms with E-state index in [-0.39, 0.29) is 24.1 Å². The number of likely N-dealkylation sites (tertiary alicyclic amines) is 1. The molecule has 1 fully saturated rings. The van der Waals surface area contributed by atoms with Gasteiger partial charge in [0, 0.05) is 17.6 Å². The van der Waals surface area contributed by atoms with Gasteiger partial charge in [-0.15, -0.1) is 0 Å². The van der Waals surface area contributed by atoms with E-state index >= 15 is 0 Å². The second-order valence-corrected chi connectivity index (χ2v) is 9.60. The molecule has 0 radical (unpaired) electrons. The molecule has 0 bridgehead atoms. The number of hydrogen-bond acceptors (Lipinski definition) is 4. The van der Waals surface area contributed by atoms with E-state index in [2.05, 4.69) is 10.2 Å². The molecular weight excluding hydrogens is 452 g/mol. The van der Waals surface area contributed by atoms with Gasteiger partial charge in [-0.2, -0.15) is 0 Å². The number of carbonyl (C=O) groups is 1. The first-order valence-electron chi connectivity index (χ1n) is 12.1. The van der Waals surface area contributed by atoms with Gasteiger partial charge in [0.05, 0.1) is 23.2 Å². The van der Waals surface area contributed by atoms with Crippen LogP contribution in [0.3, 0.4) is 0 Å². The van der Waals surface area contributed by atoms with Crippen LogP contribution in [0.15, 0.2) is 47.3 Å². The highest BCUT2D eigenvalue weighted by molar-refractivity contribution is 6.30. The van der Waals surface area contributed by atoms with Crippen LogP contribution >= 0.6 is 11.6 Å². The first-order chi connectivity index (χ1) is 16.4. The molecule has 0 unspecified atom stereocenters. The first kappa shape index (κ1) is 24.4. The minimum absolute atomic E-state index is 0.0165. The van der Waals surface area contributed by atoms with Crippen LogP contribution in [0.1, 0.15) is 39.5 Å². The van der Waals surface area contributed by atoms with Crippen LogP contribution in [0.25, 0.3) is 16.6 Å². The number of nitrogens with one attached hydrogen (secondary N) is 1. The van der Waals surface area contributed by atoms with Gasteiger partial charge in [0.1, 0.15) is 12.3 Å². The van der Waals surface area contributed by atoms with Gasteiger partial charge in [0.25, 0.3) is 5.56 Å². The zero-order valence-electron chi connectivity index (χ0n) is 19.9. The van der Waals surface area contributed by atoms with Gasteiger partial charge in [-0.3, -0.25) is 9.59 Å². The van der Waals surface area contributed by atoms with Crippen molar-refractivity contribution in [2.45, 2.75) is 52.1 Å². The van der Waals surface area contributed by atoms with Crippen molar-refractivity contribution in [2.75, 3.05) is 26.2 Å². The molecule has 0 aliphatic carbocycles. The Bertz CT molecular complexity index is 1190. The quantitative estimate of drug-likeness (QED) is 0.461. The maximum atomic E-state index is 13.4. The van der Waals surface area contributed by atoms with Crippen LogP contribution in [0, 0.1) is 0 Å². The summed E-state index contributed by atoms with van der Waals surface area (Å²) < 4.78 is 9.19. The smallest absolute Gasteiger partial charge is 0.275 e. The van der Waals surface area contributed by atoms with Gasteiger partial charge in [-0.05, 0) is 82.6 Å². The maximum Gasteiger partial charge on any atom is 0.275 e. The van der Waals surface area contributed by atoms with Gasteiger partial charge >= 0.3 is 0 Å². The largest absolute Gasteiger partial charge is 0.494 e. The lowest BCUT2D eigenvalue weighted by Gasteiger charge is -2.26. The zero-order chi connectivity index (χ0) is 24.1. The van der Waals surface area contributed by atoms with E-state index in [1.807, 2.05) is 38.1 Å². The van der Waals surface area contributed by atoms with E-state index in [1.165, 1.54) is 37.0 Å². The summed E-state index contributed by atoms with van der Waals surface area (Å²) in [5.74, 6) is 0.433. The van der Waals surface area contributed by atoms with Crippen molar-refractivity contribution < 1.29 is 9.53 Å². The number of nitrogens with zero attached hydrogens (tertiary/aromatic N) is 3. The van der Waals surface area contributed by atoms with Gasteiger partial charge in [-0.1, -0.05) is 24.1 Å². The van der Waals surface area contributed by atoms with Crippen molar-refractivity contribution in [3.05, 3.63) is 57.8 Å². The van der Waals surface area contributed by atoms with Crippen LogP contribution in [0.4, 0.5) is 0 Å². The number of rotatable bonds is 9. The molecule has 4 rings (SSSR count). The molecule has 34 heavy (non-hydrogen) atoms. The first-order valence-corrected chi connectivity index (χ1v) is 12.5. The molecule has 1 aliphatic rings. The fraction of sp³-hybridized carbons (Fsp3) is 0.462. The molecule has 1 aliphatic heterocycles. The Morgan fingerprint density at radius 1 is 1.12 bits per heavy atom. The van der Waals surface area contributed by atoms with Crippen molar-refractivity contribution in [2.24, 2.45) is 0 Å². The predicted octanol–water partition coefficient (Wildman–Crippen LogP) is 4.23. The lowest BCUT2D eigenvalue weighted by molar-refractivity contribution is -0.122. The third kappa shape index (κ3) is 5.83. The van der Waals surface area contributed by atoms with Crippen molar-refractivity contribution in [3.8, 4) is 11.4 Å². The maximum absolute atomic E-state index is 13.4. The number of benzene rings is 2. The topological polar surface area (TPSA) is 68.5 Å². The third-order valence-corrected chi connectivity index (χ3v) is 6.27. The Balaban J connectivity index is 1.59. The van der Waals surface area contributed by atoms with E-state index < -0.39 is 0 Å². The fourth-order valence-electron chi connectivity index (χ4n) is 4.51. The molecule has 0 spiro atoms.